The molecule has 1 heterocycles. The van der Waals surface area contributed by atoms with E-state index in [-0.39, 0.29) is 5.91 Å². The molecule has 0 aliphatic rings. The molecule has 4 nitrogen and oxygen atoms in total. The topological polar surface area (TPSA) is 46.9 Å². The number of imidazole rings is 1. The Kier molecular flexibility index (Phi) is 4.44. The second kappa shape index (κ2) is 6.67. The number of nitrogens with zero attached hydrogens (tertiary/aromatic N) is 2. The van der Waals surface area contributed by atoms with Crippen molar-refractivity contribution in [3.05, 3.63) is 77.6 Å². The third-order valence-electron chi connectivity index (χ3n) is 3.63. The predicted molar refractivity (Wildman–Crippen MR) is 92.3 cm³/mol. The smallest absolute Gasteiger partial charge is 0.243 e. The number of aromatic nitrogens is 2. The Morgan fingerprint density at radius 2 is 1.96 bits per heavy atom. The number of carbonyl (C=O) groups excluding carboxylic acids is 1. The summed E-state index contributed by atoms with van der Waals surface area (Å²) in [5, 5.41) is 3.49. The van der Waals surface area contributed by atoms with Gasteiger partial charge in [0.05, 0.1) is 24.1 Å². The van der Waals surface area contributed by atoms with Crippen LogP contribution < -0.4 is 5.32 Å². The quantitative estimate of drug-likeness (QED) is 0.729. The minimum absolute atomic E-state index is 0.221. The van der Waals surface area contributed by atoms with Crippen LogP contribution in [0.2, 0.25) is 5.02 Å². The van der Waals surface area contributed by atoms with Crippen LogP contribution in [0.1, 0.15) is 11.4 Å². The fourth-order valence-electron chi connectivity index (χ4n) is 2.47. The van der Waals surface area contributed by atoms with Crippen LogP contribution >= 0.6 is 11.6 Å². The van der Waals surface area contributed by atoms with Crippen LogP contribution in [0.3, 0.4) is 0 Å². The van der Waals surface area contributed by atoms with E-state index in [1.54, 1.807) is 0 Å². The van der Waals surface area contributed by atoms with E-state index in [1.807, 2.05) is 48.5 Å². The molecule has 0 aliphatic heterocycles. The molecule has 1 amide bonds. The fourth-order valence-corrected chi connectivity index (χ4v) is 2.67. The Labute approximate surface area is 139 Å². The lowest BCUT2D eigenvalue weighted by Crippen LogP contribution is -2.22. The zero-order chi connectivity index (χ0) is 16.2. The van der Waals surface area contributed by atoms with Crippen LogP contribution in [0.15, 0.2) is 61.2 Å². The number of nitrogens with one attached hydrogen (secondary N) is 1. The van der Waals surface area contributed by atoms with Gasteiger partial charge in [0.15, 0.2) is 0 Å². The van der Waals surface area contributed by atoms with Crippen LogP contribution in [0.5, 0.6) is 0 Å². The van der Waals surface area contributed by atoms with Crippen LogP contribution in [-0.2, 0) is 17.9 Å². The van der Waals surface area contributed by atoms with E-state index in [2.05, 4.69) is 21.4 Å². The summed E-state index contributed by atoms with van der Waals surface area (Å²) < 4.78 is 2.07. The Bertz CT molecular complexity index is 870. The van der Waals surface area contributed by atoms with Gasteiger partial charge in [-0.3, -0.25) is 4.79 Å². The first kappa shape index (κ1) is 15.3. The molecule has 0 radical (unpaired) electrons. The van der Waals surface area contributed by atoms with Gasteiger partial charge in [-0.25, -0.2) is 4.98 Å². The second-order valence-corrected chi connectivity index (χ2v) is 5.52. The van der Waals surface area contributed by atoms with Gasteiger partial charge in [-0.1, -0.05) is 48.5 Å². The van der Waals surface area contributed by atoms with Crippen molar-refractivity contribution in [3.8, 4) is 0 Å². The van der Waals surface area contributed by atoms with Gasteiger partial charge in [0, 0.05) is 5.02 Å². The summed E-state index contributed by atoms with van der Waals surface area (Å²) in [4.78, 5) is 16.1. The van der Waals surface area contributed by atoms with E-state index in [9.17, 15) is 4.79 Å². The standard InChI is InChI=1S/C18H16ClN3O/c1-2-18(23)20-11-17-21-15-9-5-6-10-16(15)22(17)12-13-7-3-4-8-14(13)19/h2-10H,1,11-12H2,(H,20,23). The summed E-state index contributed by atoms with van der Waals surface area (Å²) in [6.45, 7) is 4.39. The molecule has 3 aromatic rings. The van der Waals surface area contributed by atoms with E-state index >= 15 is 0 Å². The lowest BCUT2D eigenvalue weighted by molar-refractivity contribution is -0.116. The van der Waals surface area contributed by atoms with E-state index < -0.39 is 0 Å². The molecule has 2 aromatic carbocycles. The van der Waals surface area contributed by atoms with Crippen molar-refractivity contribution in [2.45, 2.75) is 13.1 Å². The van der Waals surface area contributed by atoms with Crippen LogP contribution in [-0.4, -0.2) is 15.5 Å². The van der Waals surface area contributed by atoms with Gasteiger partial charge in [-0.2, -0.15) is 0 Å². The summed E-state index contributed by atoms with van der Waals surface area (Å²) in [5.74, 6) is 0.558. The summed E-state index contributed by atoms with van der Waals surface area (Å²) in [5.41, 5.74) is 2.91. The van der Waals surface area contributed by atoms with E-state index in [0.717, 1.165) is 22.4 Å². The Morgan fingerprint density at radius 1 is 1.22 bits per heavy atom. The van der Waals surface area contributed by atoms with Crippen molar-refractivity contribution in [2.24, 2.45) is 0 Å². The summed E-state index contributed by atoms with van der Waals surface area (Å²) >= 11 is 6.28. The molecular weight excluding hydrogens is 310 g/mol. The van der Waals surface area contributed by atoms with Crippen molar-refractivity contribution in [2.75, 3.05) is 0 Å². The van der Waals surface area contributed by atoms with Gasteiger partial charge in [0.25, 0.3) is 0 Å². The largest absolute Gasteiger partial charge is 0.345 e. The number of carbonyl (C=O) groups is 1. The summed E-state index contributed by atoms with van der Waals surface area (Å²) in [7, 11) is 0. The van der Waals surface area contributed by atoms with Crippen molar-refractivity contribution in [1.29, 1.82) is 0 Å². The Morgan fingerprint density at radius 3 is 2.74 bits per heavy atom. The Hall–Kier alpha value is -2.59. The number of hydrogen-bond acceptors (Lipinski definition) is 2. The second-order valence-electron chi connectivity index (χ2n) is 5.12. The number of amides is 1. The molecule has 0 atom stereocenters. The number of hydrogen-bond donors (Lipinski definition) is 1. The van der Waals surface area contributed by atoms with Gasteiger partial charge in [-0.15, -0.1) is 0 Å². The first-order chi connectivity index (χ1) is 11.2. The van der Waals surface area contributed by atoms with Gasteiger partial charge < -0.3 is 9.88 Å². The molecule has 0 saturated carbocycles. The highest BCUT2D eigenvalue weighted by molar-refractivity contribution is 6.31. The van der Waals surface area contributed by atoms with Gasteiger partial charge in [0.2, 0.25) is 5.91 Å². The van der Waals surface area contributed by atoms with Gasteiger partial charge in [0.1, 0.15) is 5.82 Å². The minimum Gasteiger partial charge on any atom is -0.345 e. The first-order valence-electron chi connectivity index (χ1n) is 7.27. The maximum Gasteiger partial charge on any atom is 0.243 e. The lowest BCUT2D eigenvalue weighted by atomic mass is 10.2. The number of fused-ring (bicyclic) bond motifs is 1. The molecule has 116 valence electrons. The van der Waals surface area contributed by atoms with E-state index in [0.29, 0.717) is 18.1 Å². The molecular formula is C18H16ClN3O. The molecule has 1 N–H and O–H groups in total. The molecule has 5 heteroatoms. The maximum atomic E-state index is 11.4. The summed E-state index contributed by atoms with van der Waals surface area (Å²) in [6, 6.07) is 15.6. The van der Waals surface area contributed by atoms with E-state index in [4.69, 9.17) is 11.6 Å². The van der Waals surface area contributed by atoms with Crippen molar-refractivity contribution in [1.82, 2.24) is 14.9 Å². The Balaban J connectivity index is 2.00. The van der Waals surface area contributed by atoms with Gasteiger partial charge in [-0.05, 0) is 29.8 Å². The van der Waals surface area contributed by atoms with Crippen molar-refractivity contribution >= 4 is 28.5 Å². The van der Waals surface area contributed by atoms with Crippen molar-refractivity contribution < 1.29 is 4.79 Å². The first-order valence-corrected chi connectivity index (χ1v) is 7.64. The average molecular weight is 326 g/mol. The van der Waals surface area contributed by atoms with E-state index in [1.165, 1.54) is 6.08 Å². The third kappa shape index (κ3) is 3.27. The van der Waals surface area contributed by atoms with Crippen LogP contribution in [0.25, 0.3) is 11.0 Å². The molecule has 0 fully saturated rings. The maximum absolute atomic E-state index is 11.4. The molecule has 3 rings (SSSR count). The molecule has 0 aliphatic carbocycles. The molecule has 0 unspecified atom stereocenters. The fraction of sp³-hybridized carbons (Fsp3) is 0.111. The highest BCUT2D eigenvalue weighted by atomic mass is 35.5. The zero-order valence-electron chi connectivity index (χ0n) is 12.5. The average Bonchev–Trinajstić information content (AvgIpc) is 2.92. The van der Waals surface area contributed by atoms with Crippen LogP contribution in [0.4, 0.5) is 0 Å². The van der Waals surface area contributed by atoms with Gasteiger partial charge >= 0.3 is 0 Å². The monoisotopic (exact) mass is 325 g/mol. The third-order valence-corrected chi connectivity index (χ3v) is 3.99. The number of halogens is 1. The zero-order valence-corrected chi connectivity index (χ0v) is 13.3. The normalized spacial score (nSPS) is 10.7. The van der Waals surface area contributed by atoms with Crippen molar-refractivity contribution in [3.63, 3.8) is 0 Å². The number of para-hydroxylation sites is 2. The SMILES string of the molecule is C=CC(=O)NCc1nc2ccccc2n1Cc1ccccc1Cl. The minimum atomic E-state index is -0.221. The van der Waals surface area contributed by atoms with Crippen LogP contribution in [0, 0.1) is 0 Å². The molecule has 0 spiro atoms. The molecule has 0 bridgehead atoms. The molecule has 0 saturated heterocycles. The lowest BCUT2D eigenvalue weighted by Gasteiger charge is -2.11. The number of rotatable bonds is 5. The summed E-state index contributed by atoms with van der Waals surface area (Å²) in [6.07, 6.45) is 1.25. The highest BCUT2D eigenvalue weighted by Gasteiger charge is 2.12. The predicted octanol–water partition coefficient (Wildman–Crippen LogP) is 3.54. The highest BCUT2D eigenvalue weighted by Crippen LogP contribution is 2.21. The molecule has 1 aromatic heterocycles. The number of benzene rings is 2. The molecule has 23 heavy (non-hydrogen) atoms.